The second kappa shape index (κ2) is 15.8. The van der Waals surface area contributed by atoms with Crippen LogP contribution in [0.4, 0.5) is 0 Å². The van der Waals surface area contributed by atoms with Crippen molar-refractivity contribution >= 4 is 24.5 Å². The van der Waals surface area contributed by atoms with Crippen LogP contribution in [-0.2, 0) is 9.59 Å². The quantitative estimate of drug-likeness (QED) is 0.109. The molecule has 8 nitrogen and oxygen atoms in total. The van der Waals surface area contributed by atoms with Gasteiger partial charge in [-0.2, -0.15) is 21.7 Å². The van der Waals surface area contributed by atoms with E-state index in [0.29, 0.717) is 25.7 Å². The van der Waals surface area contributed by atoms with Gasteiger partial charge in [-0.1, -0.05) is 0 Å². The van der Waals surface area contributed by atoms with Crippen LogP contribution in [0.15, 0.2) is 0 Å². The topological polar surface area (TPSA) is 88.3 Å². The third-order valence-corrected chi connectivity index (χ3v) is 2.13. The highest BCUT2D eigenvalue weighted by Crippen LogP contribution is 1.98. The number of hydrogen-bond acceptors (Lipinski definition) is 2. The van der Waals surface area contributed by atoms with Gasteiger partial charge in [0.1, 0.15) is 0 Å². The summed E-state index contributed by atoms with van der Waals surface area (Å²) in [5, 5.41) is 0. The average molecular weight is 357 g/mol. The van der Waals surface area contributed by atoms with Gasteiger partial charge in [0.15, 0.2) is 0 Å². The molecule has 0 aromatic rings. The summed E-state index contributed by atoms with van der Waals surface area (Å²) in [5.74, 6) is -0.190. The van der Waals surface area contributed by atoms with Crippen molar-refractivity contribution in [3.8, 4) is 0 Å². The van der Waals surface area contributed by atoms with Crippen LogP contribution in [0.3, 0.4) is 0 Å². The zero-order valence-electron chi connectivity index (χ0n) is 13.4. The molecule has 0 spiro atoms. The molecule has 0 saturated heterocycles. The molecular weight excluding hydrogens is 331 g/mol. The molecule has 0 unspecified atom stereocenters. The van der Waals surface area contributed by atoms with Crippen LogP contribution >= 0.6 is 0 Å². The van der Waals surface area contributed by atoms with E-state index >= 15 is 0 Å². The SMILES string of the molecule is C[N+](C)=CNNC(=O)CCCCC(=O)NNC=[N+](C)C.[Cl-].[Cl-]. The monoisotopic (exact) mass is 356 g/mol. The van der Waals surface area contributed by atoms with E-state index in [0.717, 1.165) is 0 Å². The molecule has 10 heteroatoms. The van der Waals surface area contributed by atoms with Crippen LogP contribution in [0.25, 0.3) is 0 Å². The number of unbranched alkanes of at least 4 members (excludes halogenated alkanes) is 1. The van der Waals surface area contributed by atoms with Crippen LogP contribution in [0.5, 0.6) is 0 Å². The van der Waals surface area contributed by atoms with Crippen LogP contribution in [0.2, 0.25) is 0 Å². The summed E-state index contributed by atoms with van der Waals surface area (Å²) in [6, 6.07) is 0. The molecule has 2 amide bonds. The van der Waals surface area contributed by atoms with E-state index in [1.165, 1.54) is 0 Å². The minimum Gasteiger partial charge on any atom is -1.00 e. The number of hydrazine groups is 2. The number of nitrogens with zero attached hydrogens (tertiary/aromatic N) is 2. The molecule has 22 heavy (non-hydrogen) atoms. The molecule has 0 fully saturated rings. The highest BCUT2D eigenvalue weighted by atomic mass is 35.5. The summed E-state index contributed by atoms with van der Waals surface area (Å²) < 4.78 is 3.56. The molecule has 0 aliphatic heterocycles. The maximum atomic E-state index is 11.4. The first-order valence-corrected chi connectivity index (χ1v) is 6.50. The van der Waals surface area contributed by atoms with Crippen molar-refractivity contribution in [3.63, 3.8) is 0 Å². The van der Waals surface area contributed by atoms with E-state index in [1.54, 1.807) is 21.8 Å². The summed E-state index contributed by atoms with van der Waals surface area (Å²) in [7, 11) is 7.39. The van der Waals surface area contributed by atoms with Gasteiger partial charge in [0.05, 0.1) is 28.2 Å². The maximum absolute atomic E-state index is 11.4. The molecule has 0 aliphatic rings. The number of rotatable bonds is 9. The maximum Gasteiger partial charge on any atom is 0.254 e. The predicted molar refractivity (Wildman–Crippen MR) is 77.4 cm³/mol. The number of halogens is 2. The number of hydrogen-bond donors (Lipinski definition) is 4. The lowest BCUT2D eigenvalue weighted by Crippen LogP contribution is -3.00. The third-order valence-electron chi connectivity index (χ3n) is 2.13. The van der Waals surface area contributed by atoms with Gasteiger partial charge < -0.3 is 24.8 Å². The fourth-order valence-electron chi connectivity index (χ4n) is 1.18. The number of carbonyl (C=O) groups excluding carboxylic acids is 2. The molecule has 130 valence electrons. The van der Waals surface area contributed by atoms with E-state index in [2.05, 4.69) is 21.7 Å². The zero-order valence-corrected chi connectivity index (χ0v) is 15.0. The molecule has 0 aromatic carbocycles. The van der Waals surface area contributed by atoms with E-state index in [9.17, 15) is 9.59 Å². The Morgan fingerprint density at radius 1 is 0.773 bits per heavy atom. The smallest absolute Gasteiger partial charge is 0.254 e. The van der Waals surface area contributed by atoms with Gasteiger partial charge in [-0.25, -0.2) is 0 Å². The van der Waals surface area contributed by atoms with Gasteiger partial charge in [-0.05, 0) is 12.8 Å². The minimum atomic E-state index is -0.0948. The zero-order chi connectivity index (χ0) is 15.4. The molecule has 0 aliphatic carbocycles. The Morgan fingerprint density at radius 2 is 1.09 bits per heavy atom. The van der Waals surface area contributed by atoms with Crippen molar-refractivity contribution in [2.24, 2.45) is 0 Å². The molecule has 0 bridgehead atoms. The van der Waals surface area contributed by atoms with Crippen molar-refractivity contribution in [2.45, 2.75) is 25.7 Å². The van der Waals surface area contributed by atoms with E-state index in [1.807, 2.05) is 28.2 Å². The van der Waals surface area contributed by atoms with Gasteiger partial charge in [0.25, 0.3) is 24.5 Å². The number of nitrogens with one attached hydrogen (secondary N) is 4. The standard InChI is InChI=1S/C12H24N6O2.2ClH/c1-17(2)9-13-15-11(19)7-5-6-8-12(20)16-14-10-18(3)4;;/h9-10H,5-8H2,1-4H3,(H2,15,16,19,20);2*1H. The number of carbonyl (C=O) groups is 2. The molecule has 0 rings (SSSR count). The summed E-state index contributed by atoms with van der Waals surface area (Å²) in [4.78, 5) is 22.8. The van der Waals surface area contributed by atoms with Gasteiger partial charge >= 0.3 is 0 Å². The van der Waals surface area contributed by atoms with Crippen molar-refractivity contribution in [1.29, 1.82) is 0 Å². The van der Waals surface area contributed by atoms with Gasteiger partial charge in [-0.3, -0.25) is 18.7 Å². The average Bonchev–Trinajstić information content (AvgIpc) is 2.33. The summed E-state index contributed by atoms with van der Waals surface area (Å²) in [6.45, 7) is 0. The third kappa shape index (κ3) is 18.5. The first kappa shape index (κ1) is 25.4. The molecule has 0 saturated carbocycles. The van der Waals surface area contributed by atoms with Crippen molar-refractivity contribution in [3.05, 3.63) is 0 Å². The Morgan fingerprint density at radius 3 is 1.36 bits per heavy atom. The molecule has 4 N–H and O–H groups in total. The van der Waals surface area contributed by atoms with E-state index < -0.39 is 0 Å². The lowest BCUT2D eigenvalue weighted by Gasteiger charge is -2.01. The van der Waals surface area contributed by atoms with E-state index in [4.69, 9.17) is 0 Å². The normalized spacial score (nSPS) is 8.36. The van der Waals surface area contributed by atoms with E-state index in [-0.39, 0.29) is 36.6 Å². The lowest BCUT2D eigenvalue weighted by molar-refractivity contribution is -0.461. The summed E-state index contributed by atoms with van der Waals surface area (Å²) >= 11 is 0. The fraction of sp³-hybridized carbons (Fsp3) is 0.667. The van der Waals surface area contributed by atoms with Crippen LogP contribution in [0, 0.1) is 0 Å². The largest absolute Gasteiger partial charge is 1.00 e. The first-order valence-electron chi connectivity index (χ1n) is 6.50. The second-order valence-electron chi connectivity index (χ2n) is 4.78. The molecule has 0 aromatic heterocycles. The highest BCUT2D eigenvalue weighted by Gasteiger charge is 2.05. The Kier molecular flexibility index (Phi) is 18.3. The lowest BCUT2D eigenvalue weighted by atomic mass is 10.2. The predicted octanol–water partition coefficient (Wildman–Crippen LogP) is -7.60. The van der Waals surface area contributed by atoms with Gasteiger partial charge in [-0.15, -0.1) is 0 Å². The second-order valence-corrected chi connectivity index (χ2v) is 4.78. The highest BCUT2D eigenvalue weighted by molar-refractivity contribution is 5.78. The molecule has 0 heterocycles. The molecule has 0 radical (unpaired) electrons. The fourth-order valence-corrected chi connectivity index (χ4v) is 1.18. The Balaban J connectivity index is -0.00000180. The molecule has 0 atom stereocenters. The summed E-state index contributed by atoms with van der Waals surface area (Å²) in [6.07, 6.45) is 5.38. The van der Waals surface area contributed by atoms with Crippen LogP contribution in [-0.4, -0.2) is 61.8 Å². The van der Waals surface area contributed by atoms with Gasteiger partial charge in [0.2, 0.25) is 0 Å². The first-order chi connectivity index (χ1) is 9.41. The Hall–Kier alpha value is -1.54. The van der Waals surface area contributed by atoms with Crippen molar-refractivity contribution < 1.29 is 43.6 Å². The Labute approximate surface area is 144 Å². The van der Waals surface area contributed by atoms with Crippen molar-refractivity contribution in [2.75, 3.05) is 28.2 Å². The Bertz CT molecular complexity index is 344. The number of amides is 2. The van der Waals surface area contributed by atoms with Crippen molar-refractivity contribution in [1.82, 2.24) is 21.7 Å². The summed E-state index contributed by atoms with van der Waals surface area (Å²) in [5.41, 5.74) is 10.4. The minimum absolute atomic E-state index is 0. The molecular formula is C12H26Cl2N6O2. The van der Waals surface area contributed by atoms with Gasteiger partial charge in [0, 0.05) is 12.8 Å². The van der Waals surface area contributed by atoms with Crippen LogP contribution in [0.1, 0.15) is 25.7 Å². The van der Waals surface area contributed by atoms with Crippen LogP contribution < -0.4 is 46.5 Å².